The lowest BCUT2D eigenvalue weighted by molar-refractivity contribution is -0.402. The van der Waals surface area contributed by atoms with Gasteiger partial charge in [-0.3, -0.25) is 10.1 Å². The van der Waals surface area contributed by atoms with Crippen LogP contribution in [0, 0.1) is 10.1 Å². The van der Waals surface area contributed by atoms with Gasteiger partial charge in [0.05, 0.1) is 11.1 Å². The van der Waals surface area contributed by atoms with Crippen LogP contribution in [-0.2, 0) is 9.63 Å². The first-order valence-electron chi connectivity index (χ1n) is 6.29. The van der Waals surface area contributed by atoms with Crippen molar-refractivity contribution in [1.82, 2.24) is 0 Å². The summed E-state index contributed by atoms with van der Waals surface area (Å²) in [5, 5.41) is 14.6. The molecule has 2 N–H and O–H groups in total. The van der Waals surface area contributed by atoms with Gasteiger partial charge in [0.15, 0.2) is 5.84 Å². The number of carbonyl (C=O) groups excluding carboxylic acids is 1. The van der Waals surface area contributed by atoms with Crippen molar-refractivity contribution in [1.29, 1.82) is 0 Å². The molecule has 10 heteroatoms. The van der Waals surface area contributed by atoms with Gasteiger partial charge in [-0.25, -0.2) is 4.79 Å². The molecule has 0 amide bonds. The highest BCUT2D eigenvalue weighted by Gasteiger charge is 2.10. The highest BCUT2D eigenvalue weighted by Crippen LogP contribution is 2.20. The Bertz CT molecular complexity index is 845. The molecule has 24 heavy (non-hydrogen) atoms. The predicted octanol–water partition coefficient (Wildman–Crippen LogP) is 3.37. The van der Waals surface area contributed by atoms with Crippen molar-refractivity contribution in [2.75, 3.05) is 0 Å². The average Bonchev–Trinajstić information content (AvgIpc) is 3.00. The maximum atomic E-state index is 11.5. The Morgan fingerprint density at radius 3 is 2.71 bits per heavy atom. The number of oxime groups is 1. The number of furan rings is 1. The van der Waals surface area contributed by atoms with Crippen LogP contribution in [0.2, 0.25) is 10.0 Å². The minimum atomic E-state index is -0.859. The number of nitrogens with zero attached hydrogens (tertiary/aromatic N) is 2. The molecule has 0 aliphatic carbocycles. The number of hydrogen-bond donors (Lipinski definition) is 1. The Balaban J connectivity index is 2.00. The lowest BCUT2D eigenvalue weighted by atomic mass is 10.2. The lowest BCUT2D eigenvalue weighted by Gasteiger charge is -2.03. The molecule has 124 valence electrons. The van der Waals surface area contributed by atoms with Gasteiger partial charge in [-0.1, -0.05) is 28.4 Å². The van der Waals surface area contributed by atoms with E-state index in [1.165, 1.54) is 24.3 Å². The van der Waals surface area contributed by atoms with Crippen LogP contribution < -0.4 is 5.73 Å². The highest BCUT2D eigenvalue weighted by molar-refractivity contribution is 6.36. The van der Waals surface area contributed by atoms with Gasteiger partial charge in [0.2, 0.25) is 0 Å². The Morgan fingerprint density at radius 1 is 1.33 bits per heavy atom. The Kier molecular flexibility index (Phi) is 5.56. The zero-order valence-corrected chi connectivity index (χ0v) is 13.3. The molecule has 1 aromatic carbocycles. The largest absolute Gasteiger partial charge is 0.433 e. The number of amidine groups is 1. The fraction of sp³-hybridized carbons (Fsp3) is 0. The lowest BCUT2D eigenvalue weighted by Crippen LogP contribution is -2.15. The van der Waals surface area contributed by atoms with Gasteiger partial charge in [-0.05, 0) is 30.3 Å². The monoisotopic (exact) mass is 369 g/mol. The summed E-state index contributed by atoms with van der Waals surface area (Å²) in [6.07, 6.45) is 2.17. The molecule has 0 fully saturated rings. The zero-order valence-electron chi connectivity index (χ0n) is 11.8. The molecule has 1 heterocycles. The summed E-state index contributed by atoms with van der Waals surface area (Å²) < 4.78 is 4.83. The summed E-state index contributed by atoms with van der Waals surface area (Å²) >= 11 is 11.7. The van der Waals surface area contributed by atoms with E-state index in [4.69, 9.17) is 33.4 Å². The molecule has 0 aliphatic heterocycles. The second kappa shape index (κ2) is 7.62. The van der Waals surface area contributed by atoms with Crippen molar-refractivity contribution < 1.29 is 19.0 Å². The highest BCUT2D eigenvalue weighted by atomic mass is 35.5. The van der Waals surface area contributed by atoms with Crippen molar-refractivity contribution in [2.24, 2.45) is 10.9 Å². The number of rotatable bonds is 5. The van der Waals surface area contributed by atoms with Crippen molar-refractivity contribution >= 4 is 47.0 Å². The van der Waals surface area contributed by atoms with E-state index >= 15 is 0 Å². The molecule has 0 unspecified atom stereocenters. The van der Waals surface area contributed by atoms with Gasteiger partial charge in [-0.2, -0.15) is 0 Å². The van der Waals surface area contributed by atoms with Crippen LogP contribution in [-0.4, -0.2) is 16.7 Å². The number of nitrogens with two attached hydrogens (primary N) is 1. The van der Waals surface area contributed by atoms with Crippen LogP contribution in [0.25, 0.3) is 6.08 Å². The number of halogens is 2. The minimum Gasteiger partial charge on any atom is -0.401 e. The van der Waals surface area contributed by atoms with Crippen LogP contribution in [0.3, 0.4) is 0 Å². The van der Waals surface area contributed by atoms with Crippen molar-refractivity contribution in [3.05, 3.63) is 67.9 Å². The Hall–Kier alpha value is -2.84. The summed E-state index contributed by atoms with van der Waals surface area (Å²) in [7, 11) is 0. The number of benzene rings is 1. The second-order valence-electron chi connectivity index (χ2n) is 4.28. The first kappa shape index (κ1) is 17.5. The zero-order chi connectivity index (χ0) is 17.7. The topological polar surface area (TPSA) is 121 Å². The fourth-order valence-electron chi connectivity index (χ4n) is 1.55. The van der Waals surface area contributed by atoms with Crippen LogP contribution in [0.1, 0.15) is 11.3 Å². The Morgan fingerprint density at radius 2 is 2.08 bits per heavy atom. The maximum absolute atomic E-state index is 11.5. The number of carbonyl (C=O) groups is 1. The maximum Gasteiger partial charge on any atom is 0.433 e. The normalized spacial score (nSPS) is 11.7. The number of hydrogen-bond acceptors (Lipinski definition) is 6. The van der Waals surface area contributed by atoms with E-state index in [2.05, 4.69) is 9.99 Å². The quantitative estimate of drug-likeness (QED) is 0.215. The predicted molar refractivity (Wildman–Crippen MR) is 87.7 cm³/mol. The molecule has 2 aromatic rings. The molecule has 0 saturated heterocycles. The van der Waals surface area contributed by atoms with Gasteiger partial charge >= 0.3 is 11.9 Å². The molecule has 0 aliphatic rings. The number of nitro groups is 1. The SMILES string of the molecule is N/C(=N\OC(=O)/C=C/c1ccc([N+](=O)[O-])o1)c1ccc(Cl)cc1Cl. The summed E-state index contributed by atoms with van der Waals surface area (Å²) in [5.74, 6) is -1.31. The van der Waals surface area contributed by atoms with E-state index in [1.807, 2.05) is 0 Å². The Labute approximate surface area is 145 Å². The summed E-state index contributed by atoms with van der Waals surface area (Å²) in [6, 6.07) is 7.02. The molecule has 2 rings (SSSR count). The van der Waals surface area contributed by atoms with Crippen molar-refractivity contribution in [3.63, 3.8) is 0 Å². The van der Waals surface area contributed by atoms with Crippen LogP contribution in [0.5, 0.6) is 0 Å². The summed E-state index contributed by atoms with van der Waals surface area (Å²) in [6.45, 7) is 0. The van der Waals surface area contributed by atoms with E-state index in [0.717, 1.165) is 12.1 Å². The average molecular weight is 370 g/mol. The minimum absolute atomic E-state index is 0.108. The van der Waals surface area contributed by atoms with E-state index < -0.39 is 16.8 Å². The molecule has 0 radical (unpaired) electrons. The fourth-order valence-corrected chi connectivity index (χ4v) is 2.06. The molecule has 0 atom stereocenters. The van der Waals surface area contributed by atoms with E-state index in [9.17, 15) is 14.9 Å². The van der Waals surface area contributed by atoms with E-state index in [1.54, 1.807) is 6.07 Å². The van der Waals surface area contributed by atoms with Gasteiger partial charge in [0, 0.05) is 16.7 Å². The van der Waals surface area contributed by atoms with Gasteiger partial charge in [0.1, 0.15) is 10.7 Å². The third kappa shape index (κ3) is 4.58. The standard InChI is InChI=1S/C14H9Cl2N3O5/c15-8-1-4-10(11(16)7-8)14(17)18-24-13(20)6-3-9-2-5-12(23-9)19(21)22/h1-7H,(H2,17,18)/b6-3+. The van der Waals surface area contributed by atoms with Crippen molar-refractivity contribution in [3.8, 4) is 0 Å². The first-order chi connectivity index (χ1) is 11.4. The van der Waals surface area contributed by atoms with Crippen molar-refractivity contribution in [2.45, 2.75) is 0 Å². The summed E-state index contributed by atoms with van der Waals surface area (Å²) in [5.41, 5.74) is 6.01. The third-order valence-electron chi connectivity index (χ3n) is 2.62. The van der Waals surface area contributed by atoms with E-state index in [0.29, 0.717) is 10.6 Å². The first-order valence-corrected chi connectivity index (χ1v) is 7.04. The molecule has 1 aromatic heterocycles. The van der Waals surface area contributed by atoms with Crippen LogP contribution in [0.4, 0.5) is 5.88 Å². The molecular formula is C14H9Cl2N3O5. The second-order valence-corrected chi connectivity index (χ2v) is 5.12. The van der Waals surface area contributed by atoms with E-state index in [-0.39, 0.29) is 16.6 Å². The van der Waals surface area contributed by atoms with Gasteiger partial charge < -0.3 is 15.0 Å². The smallest absolute Gasteiger partial charge is 0.401 e. The molecule has 0 spiro atoms. The van der Waals surface area contributed by atoms with Crippen LogP contribution in [0.15, 0.2) is 46.0 Å². The van der Waals surface area contributed by atoms with Gasteiger partial charge in [-0.15, -0.1) is 0 Å². The molecular weight excluding hydrogens is 361 g/mol. The summed E-state index contributed by atoms with van der Waals surface area (Å²) in [4.78, 5) is 25.9. The molecule has 0 bridgehead atoms. The van der Waals surface area contributed by atoms with Gasteiger partial charge in [0.25, 0.3) is 0 Å². The molecule has 8 nitrogen and oxygen atoms in total. The molecule has 0 saturated carbocycles. The van der Waals surface area contributed by atoms with Crippen LogP contribution >= 0.6 is 23.2 Å². The third-order valence-corrected chi connectivity index (χ3v) is 3.17.